The Hall–Kier alpha value is -7.04. The van der Waals surface area contributed by atoms with E-state index >= 15 is 0 Å². The minimum absolute atomic E-state index is 0.280. The van der Waals surface area contributed by atoms with Crippen molar-refractivity contribution >= 4 is 84.7 Å². The number of fused-ring (bicyclic) bond motifs is 12. The maximum atomic E-state index is 6.29. The molecule has 1 N–H and O–H groups in total. The van der Waals surface area contributed by atoms with Gasteiger partial charge in [-0.25, -0.2) is 0 Å². The Morgan fingerprint density at radius 2 is 1.14 bits per heavy atom. The van der Waals surface area contributed by atoms with Crippen LogP contribution in [0.3, 0.4) is 0 Å². The van der Waals surface area contributed by atoms with Crippen LogP contribution in [0.2, 0.25) is 0 Å². The van der Waals surface area contributed by atoms with E-state index in [1.54, 1.807) is 0 Å². The summed E-state index contributed by atoms with van der Waals surface area (Å²) in [5.74, 6) is 0.280. The van der Waals surface area contributed by atoms with Crippen molar-refractivity contribution in [2.45, 2.75) is 32.9 Å². The number of aromatic nitrogens is 1. The number of rotatable bonds is 3. The van der Waals surface area contributed by atoms with Crippen LogP contribution < -0.4 is 0 Å². The van der Waals surface area contributed by atoms with Crippen molar-refractivity contribution in [2.24, 2.45) is 4.99 Å². The number of benzene rings is 8. The van der Waals surface area contributed by atoms with Gasteiger partial charge < -0.3 is 14.4 Å². The molecule has 57 heavy (non-hydrogen) atoms. The molecule has 0 fully saturated rings. The van der Waals surface area contributed by atoms with Crippen molar-refractivity contribution in [2.75, 3.05) is 0 Å². The fourth-order valence-corrected chi connectivity index (χ4v) is 8.38. The highest BCUT2D eigenvalue weighted by atomic mass is 16.3. The molecule has 4 nitrogen and oxygen atoms in total. The second kappa shape index (κ2) is 16.4. The lowest BCUT2D eigenvalue weighted by Crippen LogP contribution is -2.07. The lowest BCUT2D eigenvalue weighted by Gasteiger charge is -2.19. The summed E-state index contributed by atoms with van der Waals surface area (Å²) >= 11 is 0. The molecule has 1 aliphatic carbocycles. The van der Waals surface area contributed by atoms with Gasteiger partial charge in [0.25, 0.3) is 0 Å². The maximum absolute atomic E-state index is 6.29. The fraction of sp³-hybridized carbons (Fsp3) is 0.0943. The number of nitrogens with one attached hydrogen (secondary N) is 1. The Kier molecular flexibility index (Phi) is 10.6. The predicted octanol–water partition coefficient (Wildman–Crippen LogP) is 14.3. The Balaban J connectivity index is 0.000000139. The van der Waals surface area contributed by atoms with Crippen LogP contribution >= 0.6 is 0 Å². The first kappa shape index (κ1) is 36.9. The minimum Gasteiger partial charge on any atom is -0.456 e. The van der Waals surface area contributed by atoms with Gasteiger partial charge in [0.05, 0.1) is 5.52 Å². The molecule has 0 amide bonds. The number of hydrogen-bond donors (Lipinski definition) is 1. The highest BCUT2D eigenvalue weighted by Crippen LogP contribution is 2.41. The zero-order chi connectivity index (χ0) is 39.3. The van der Waals surface area contributed by atoms with Crippen LogP contribution in [-0.2, 0) is 13.1 Å². The van der Waals surface area contributed by atoms with E-state index in [-0.39, 0.29) is 5.92 Å². The van der Waals surface area contributed by atoms with Crippen molar-refractivity contribution < 1.29 is 4.42 Å². The maximum Gasteiger partial charge on any atom is 0.139 e. The van der Waals surface area contributed by atoms with E-state index in [0.29, 0.717) is 6.67 Å². The topological polar surface area (TPSA) is 54.3 Å². The Morgan fingerprint density at radius 3 is 1.79 bits per heavy atom. The Morgan fingerprint density at radius 1 is 0.579 bits per heavy atom. The molecule has 0 radical (unpaired) electrons. The predicted molar refractivity (Wildman–Crippen MR) is 245 cm³/mol. The molecule has 2 heterocycles. The van der Waals surface area contributed by atoms with Gasteiger partial charge in [-0.15, -0.1) is 0 Å². The lowest BCUT2D eigenvalue weighted by molar-refractivity contribution is 0.656. The van der Waals surface area contributed by atoms with Gasteiger partial charge in [0.2, 0.25) is 0 Å². The molecule has 0 saturated carbocycles. The van der Waals surface area contributed by atoms with E-state index < -0.39 is 0 Å². The average molecular weight is 740 g/mol. The van der Waals surface area contributed by atoms with E-state index in [0.717, 1.165) is 17.6 Å². The number of hydrogen-bond acceptors (Lipinski definition) is 3. The molecule has 4 heteroatoms. The first-order valence-corrected chi connectivity index (χ1v) is 19.4. The second-order valence-corrected chi connectivity index (χ2v) is 14.5. The van der Waals surface area contributed by atoms with Gasteiger partial charge in [0, 0.05) is 33.3 Å². The van der Waals surface area contributed by atoms with Gasteiger partial charge in [-0.2, -0.15) is 0 Å². The van der Waals surface area contributed by atoms with Crippen molar-refractivity contribution in [1.82, 2.24) is 4.57 Å². The summed E-state index contributed by atoms with van der Waals surface area (Å²) in [5.41, 5.74) is 9.68. The molecule has 0 aliphatic heterocycles. The zero-order valence-corrected chi connectivity index (χ0v) is 32.5. The van der Waals surface area contributed by atoms with Crippen LogP contribution in [0.25, 0.3) is 71.2 Å². The standard InChI is InChI=1S/C26H20N2O.C19H14.C7H8.CH3N/c1-27-16-28-23-11-4-2-7-19(23)22-15-17(13-14-24(22)28)18-9-6-10-21-20-8-3-5-12-25(20)29-26(18)21;1-13-10-11-18-16-8-3-2-6-14(16)15-7-4-5-9-17(15)19(18)12-13;1-7-5-3-2-4-6-7;1-2/h2-14,17H,1,15-16H2;2-12H,1H3;2-6H,1H3;2H,1H2. The average Bonchev–Trinajstić information content (AvgIpc) is 3.81. The molecule has 2 aromatic heterocycles. The second-order valence-electron chi connectivity index (χ2n) is 14.5. The van der Waals surface area contributed by atoms with E-state index in [2.05, 4.69) is 182 Å². The molecule has 0 saturated heterocycles. The van der Waals surface area contributed by atoms with Gasteiger partial charge in [0.1, 0.15) is 17.8 Å². The lowest BCUT2D eigenvalue weighted by atomic mass is 9.86. The smallest absolute Gasteiger partial charge is 0.139 e. The van der Waals surface area contributed by atoms with E-state index in [4.69, 9.17) is 9.83 Å². The molecule has 0 spiro atoms. The summed E-state index contributed by atoms with van der Waals surface area (Å²) in [4.78, 5) is 4.14. The molecular weight excluding hydrogens is 695 g/mol. The van der Waals surface area contributed by atoms with Gasteiger partial charge in [-0.1, -0.05) is 169 Å². The third-order valence-corrected chi connectivity index (χ3v) is 10.9. The SMILES string of the molecule is C=N.C=NCn1c2c(c3ccccc31)CC(c1cccc3c1oc1ccccc13)C=C2.Cc1ccc2c3ccccc3c3ccccc3c2c1.Cc1ccccc1. The molecule has 1 atom stereocenters. The third kappa shape index (κ3) is 7.03. The van der Waals surface area contributed by atoms with Crippen LogP contribution in [-0.4, -0.2) is 18.0 Å². The van der Waals surface area contributed by atoms with Crippen molar-refractivity contribution in [1.29, 1.82) is 5.41 Å². The number of aliphatic imine (C=N–C) groups is 1. The van der Waals surface area contributed by atoms with Gasteiger partial charge >= 0.3 is 0 Å². The highest BCUT2D eigenvalue weighted by Gasteiger charge is 2.25. The molecule has 10 aromatic rings. The Bertz CT molecular complexity index is 3020. The summed E-state index contributed by atoms with van der Waals surface area (Å²) in [6, 6.07) is 57.7. The van der Waals surface area contributed by atoms with Crippen LogP contribution in [0.4, 0.5) is 0 Å². The first-order valence-electron chi connectivity index (χ1n) is 19.4. The summed E-state index contributed by atoms with van der Waals surface area (Å²) in [6.07, 6.45) is 5.51. The van der Waals surface area contributed by atoms with Gasteiger partial charge in [0.15, 0.2) is 0 Å². The van der Waals surface area contributed by atoms with E-state index in [1.165, 1.54) is 81.9 Å². The van der Waals surface area contributed by atoms with Crippen LogP contribution in [0.15, 0.2) is 179 Å². The molecule has 11 rings (SSSR count). The first-order chi connectivity index (χ1) is 28.1. The normalized spacial score (nSPS) is 13.1. The number of allylic oxidation sites excluding steroid dienone is 1. The summed E-state index contributed by atoms with van der Waals surface area (Å²) < 4.78 is 8.55. The molecule has 278 valence electrons. The monoisotopic (exact) mass is 739 g/mol. The molecular formula is C53H45N3O. The number of para-hydroxylation sites is 3. The minimum atomic E-state index is 0.280. The van der Waals surface area contributed by atoms with Crippen molar-refractivity contribution in [3.63, 3.8) is 0 Å². The van der Waals surface area contributed by atoms with Crippen LogP contribution in [0, 0.1) is 19.3 Å². The van der Waals surface area contributed by atoms with Gasteiger partial charge in [-0.05, 0) is 89.8 Å². The molecule has 1 unspecified atom stereocenters. The quantitative estimate of drug-likeness (QED) is 0.142. The summed E-state index contributed by atoms with van der Waals surface area (Å²) in [7, 11) is 0. The van der Waals surface area contributed by atoms with E-state index in [1.807, 2.05) is 30.3 Å². The largest absolute Gasteiger partial charge is 0.456 e. The Labute approximate surface area is 333 Å². The molecule has 0 bridgehead atoms. The highest BCUT2D eigenvalue weighted by molar-refractivity contribution is 6.25. The van der Waals surface area contributed by atoms with Crippen LogP contribution in [0.1, 0.15) is 33.9 Å². The van der Waals surface area contributed by atoms with Crippen LogP contribution in [0.5, 0.6) is 0 Å². The fourth-order valence-electron chi connectivity index (χ4n) is 8.38. The zero-order valence-electron chi connectivity index (χ0n) is 32.5. The van der Waals surface area contributed by atoms with Gasteiger partial charge in [-0.3, -0.25) is 4.99 Å². The summed E-state index contributed by atoms with van der Waals surface area (Å²) in [5, 5.41) is 17.3. The third-order valence-electron chi connectivity index (χ3n) is 10.9. The molecule has 8 aromatic carbocycles. The van der Waals surface area contributed by atoms with Crippen molar-refractivity contribution in [3.8, 4) is 0 Å². The number of nitrogens with zero attached hydrogens (tertiary/aromatic N) is 2. The number of furan rings is 1. The van der Waals surface area contributed by atoms with Crippen molar-refractivity contribution in [3.05, 3.63) is 198 Å². The molecule has 1 aliphatic rings. The number of aryl methyl sites for hydroxylation is 2. The summed E-state index contributed by atoms with van der Waals surface area (Å²) in [6.45, 7) is 11.0. The van der Waals surface area contributed by atoms with E-state index in [9.17, 15) is 0 Å².